The molecule has 3 N–H and O–H groups in total. The van der Waals surface area contributed by atoms with Crippen LogP contribution in [0.25, 0.3) is 0 Å². The molecule has 0 fully saturated rings. The minimum atomic E-state index is -0.948. The fourth-order valence-electron chi connectivity index (χ4n) is 1.21. The van der Waals surface area contributed by atoms with E-state index in [1.807, 2.05) is 0 Å². The zero-order valence-corrected chi connectivity index (χ0v) is 8.94. The van der Waals surface area contributed by atoms with Gasteiger partial charge in [-0.25, -0.2) is 4.39 Å². The quantitative estimate of drug-likeness (QED) is 0.742. The number of benzene rings is 1. The fourth-order valence-corrected chi connectivity index (χ4v) is 1.21. The Labute approximate surface area is 98.0 Å². The van der Waals surface area contributed by atoms with Crippen molar-refractivity contribution < 1.29 is 14.0 Å². The lowest BCUT2D eigenvalue weighted by Crippen LogP contribution is -2.44. The second kappa shape index (κ2) is 5.66. The molecule has 0 aromatic heterocycles. The minimum absolute atomic E-state index is 0.00358. The van der Waals surface area contributed by atoms with Gasteiger partial charge in [-0.1, -0.05) is 6.07 Å². The Morgan fingerprint density at radius 3 is 2.76 bits per heavy atom. The van der Waals surface area contributed by atoms with Crippen molar-refractivity contribution in [2.75, 3.05) is 0 Å². The van der Waals surface area contributed by atoms with Crippen molar-refractivity contribution in [3.8, 4) is 12.3 Å². The Morgan fingerprint density at radius 2 is 2.24 bits per heavy atom. The van der Waals surface area contributed by atoms with Gasteiger partial charge in [0, 0.05) is 12.0 Å². The first-order valence-corrected chi connectivity index (χ1v) is 4.84. The van der Waals surface area contributed by atoms with Crippen molar-refractivity contribution >= 4 is 11.8 Å². The van der Waals surface area contributed by atoms with Gasteiger partial charge in [-0.2, -0.15) is 0 Å². The maximum atomic E-state index is 12.9. The number of carbonyl (C=O) groups is 2. The van der Waals surface area contributed by atoms with Gasteiger partial charge in [-0.05, 0) is 18.2 Å². The Kier molecular flexibility index (Phi) is 4.23. The van der Waals surface area contributed by atoms with E-state index in [1.54, 1.807) is 0 Å². The molecule has 5 heteroatoms. The highest BCUT2D eigenvalue weighted by atomic mass is 19.1. The van der Waals surface area contributed by atoms with Crippen LogP contribution < -0.4 is 11.1 Å². The maximum Gasteiger partial charge on any atom is 0.252 e. The van der Waals surface area contributed by atoms with Crippen LogP contribution in [0.15, 0.2) is 24.3 Å². The topological polar surface area (TPSA) is 72.2 Å². The van der Waals surface area contributed by atoms with E-state index in [9.17, 15) is 14.0 Å². The summed E-state index contributed by atoms with van der Waals surface area (Å²) in [6.07, 6.45) is 5.03. The fraction of sp³-hybridized carbons (Fsp3) is 0.167. The predicted molar refractivity (Wildman–Crippen MR) is 60.3 cm³/mol. The lowest BCUT2D eigenvalue weighted by molar-refractivity contribution is -0.119. The molecule has 0 spiro atoms. The van der Waals surface area contributed by atoms with Crippen LogP contribution in [-0.2, 0) is 4.79 Å². The number of nitrogens with two attached hydrogens (primary N) is 1. The van der Waals surface area contributed by atoms with E-state index in [0.717, 1.165) is 6.07 Å². The van der Waals surface area contributed by atoms with Crippen LogP contribution >= 0.6 is 0 Å². The third-order valence-corrected chi connectivity index (χ3v) is 2.06. The van der Waals surface area contributed by atoms with Gasteiger partial charge in [0.15, 0.2) is 0 Å². The van der Waals surface area contributed by atoms with Gasteiger partial charge in [0.25, 0.3) is 5.91 Å². The van der Waals surface area contributed by atoms with Gasteiger partial charge < -0.3 is 11.1 Å². The molecule has 0 aliphatic carbocycles. The standard InChI is InChI=1S/C12H11FN2O2/c1-2-4-10(11(14)16)15-12(17)8-5-3-6-9(13)7-8/h1,3,5-7,10H,4H2,(H2,14,16)(H,15,17)/t10-/m0/s1. The first kappa shape index (κ1) is 12.7. The molecule has 0 bridgehead atoms. The number of nitrogens with one attached hydrogen (secondary N) is 1. The van der Waals surface area contributed by atoms with Crippen molar-refractivity contribution in [2.24, 2.45) is 5.73 Å². The Morgan fingerprint density at radius 1 is 1.53 bits per heavy atom. The molecule has 2 amide bonds. The van der Waals surface area contributed by atoms with Gasteiger partial charge in [-0.15, -0.1) is 12.3 Å². The van der Waals surface area contributed by atoms with Crippen molar-refractivity contribution in [2.45, 2.75) is 12.5 Å². The first-order chi connectivity index (χ1) is 8.04. The highest BCUT2D eigenvalue weighted by Gasteiger charge is 2.17. The third kappa shape index (κ3) is 3.61. The summed E-state index contributed by atoms with van der Waals surface area (Å²) in [5, 5.41) is 2.34. The Balaban J connectivity index is 2.78. The van der Waals surface area contributed by atoms with E-state index in [0.29, 0.717) is 0 Å². The summed E-state index contributed by atoms with van der Waals surface area (Å²) < 4.78 is 12.9. The van der Waals surface area contributed by atoms with Crippen LogP contribution in [0.5, 0.6) is 0 Å². The highest BCUT2D eigenvalue weighted by Crippen LogP contribution is 2.04. The molecule has 1 aromatic rings. The molecular weight excluding hydrogens is 223 g/mol. The van der Waals surface area contributed by atoms with Crippen LogP contribution in [0.3, 0.4) is 0 Å². The van der Waals surface area contributed by atoms with Crippen molar-refractivity contribution in [3.63, 3.8) is 0 Å². The average molecular weight is 234 g/mol. The lowest BCUT2D eigenvalue weighted by atomic mass is 10.1. The highest BCUT2D eigenvalue weighted by molar-refractivity contribution is 5.97. The third-order valence-electron chi connectivity index (χ3n) is 2.06. The van der Waals surface area contributed by atoms with Crippen LogP contribution in [0.2, 0.25) is 0 Å². The van der Waals surface area contributed by atoms with E-state index in [1.165, 1.54) is 18.2 Å². The molecule has 0 saturated carbocycles. The van der Waals surface area contributed by atoms with E-state index < -0.39 is 23.7 Å². The van der Waals surface area contributed by atoms with Gasteiger partial charge >= 0.3 is 0 Å². The van der Waals surface area contributed by atoms with Crippen LogP contribution in [0.1, 0.15) is 16.8 Å². The molecule has 88 valence electrons. The Hall–Kier alpha value is -2.35. The SMILES string of the molecule is C#CC[C@H](NC(=O)c1cccc(F)c1)C(N)=O. The molecule has 0 aliphatic heterocycles. The van der Waals surface area contributed by atoms with Crippen molar-refractivity contribution in [1.29, 1.82) is 0 Å². The van der Waals surface area contributed by atoms with Crippen LogP contribution in [0, 0.1) is 18.2 Å². The molecule has 0 saturated heterocycles. The molecule has 4 nitrogen and oxygen atoms in total. The number of rotatable bonds is 4. The normalized spacial score (nSPS) is 11.3. The molecule has 0 unspecified atom stereocenters. The number of hydrogen-bond acceptors (Lipinski definition) is 2. The largest absolute Gasteiger partial charge is 0.368 e. The molecule has 0 aliphatic rings. The van der Waals surface area contributed by atoms with E-state index in [-0.39, 0.29) is 12.0 Å². The van der Waals surface area contributed by atoms with Crippen molar-refractivity contribution in [3.05, 3.63) is 35.6 Å². The predicted octanol–water partition coefficient (Wildman–Crippen LogP) is 0.433. The number of halogens is 1. The zero-order chi connectivity index (χ0) is 12.8. The van der Waals surface area contributed by atoms with Crippen LogP contribution in [0.4, 0.5) is 4.39 Å². The average Bonchev–Trinajstić information content (AvgIpc) is 2.28. The lowest BCUT2D eigenvalue weighted by Gasteiger charge is -2.12. The molecule has 1 aromatic carbocycles. The maximum absolute atomic E-state index is 12.9. The summed E-state index contributed by atoms with van der Waals surface area (Å²) in [5.74, 6) is 0.368. The second-order valence-corrected chi connectivity index (χ2v) is 3.35. The summed E-state index contributed by atoms with van der Waals surface area (Å²) in [4.78, 5) is 22.6. The summed E-state index contributed by atoms with van der Waals surface area (Å²) in [6, 6.07) is 4.14. The van der Waals surface area contributed by atoms with Gasteiger partial charge in [0.2, 0.25) is 5.91 Å². The number of primary amides is 1. The summed E-state index contributed by atoms with van der Waals surface area (Å²) in [6.45, 7) is 0. The van der Waals surface area contributed by atoms with Crippen molar-refractivity contribution in [1.82, 2.24) is 5.32 Å². The van der Waals surface area contributed by atoms with E-state index in [4.69, 9.17) is 12.2 Å². The van der Waals surface area contributed by atoms with Gasteiger partial charge in [-0.3, -0.25) is 9.59 Å². The van der Waals surface area contributed by atoms with E-state index in [2.05, 4.69) is 11.2 Å². The second-order valence-electron chi connectivity index (χ2n) is 3.35. The summed E-state index contributed by atoms with van der Waals surface area (Å²) >= 11 is 0. The zero-order valence-electron chi connectivity index (χ0n) is 8.94. The number of terminal acetylenes is 1. The number of hydrogen-bond donors (Lipinski definition) is 2. The van der Waals surface area contributed by atoms with Gasteiger partial charge in [0.05, 0.1) is 0 Å². The molecule has 17 heavy (non-hydrogen) atoms. The number of carbonyl (C=O) groups excluding carboxylic acids is 2. The molecular formula is C12H11FN2O2. The monoisotopic (exact) mass is 234 g/mol. The van der Waals surface area contributed by atoms with E-state index >= 15 is 0 Å². The summed E-state index contributed by atoms with van der Waals surface area (Å²) in [7, 11) is 0. The summed E-state index contributed by atoms with van der Waals surface area (Å²) in [5.41, 5.74) is 5.16. The van der Waals surface area contributed by atoms with Crippen LogP contribution in [-0.4, -0.2) is 17.9 Å². The minimum Gasteiger partial charge on any atom is -0.368 e. The molecule has 1 rings (SSSR count). The smallest absolute Gasteiger partial charge is 0.252 e. The molecule has 0 heterocycles. The molecule has 0 radical (unpaired) electrons. The Bertz CT molecular complexity index is 480. The first-order valence-electron chi connectivity index (χ1n) is 4.84. The molecule has 1 atom stereocenters. The number of amides is 2. The van der Waals surface area contributed by atoms with Gasteiger partial charge in [0.1, 0.15) is 11.9 Å².